The van der Waals surface area contributed by atoms with Gasteiger partial charge in [-0.05, 0) is 55.6 Å². The molecule has 2 unspecified atom stereocenters. The third-order valence-corrected chi connectivity index (χ3v) is 11.2. The van der Waals surface area contributed by atoms with Crippen molar-refractivity contribution in [1.82, 2.24) is 0 Å². The van der Waals surface area contributed by atoms with E-state index < -0.39 is 8.07 Å². The molecule has 0 spiro atoms. The molecular weight excluding hydrogens is 359 g/mol. The molecule has 2 atom stereocenters. The van der Waals surface area contributed by atoms with Crippen LogP contribution in [0.2, 0.25) is 13.1 Å². The van der Waals surface area contributed by atoms with Gasteiger partial charge < -0.3 is 0 Å². The van der Waals surface area contributed by atoms with Gasteiger partial charge in [-0.3, -0.25) is 0 Å². The summed E-state index contributed by atoms with van der Waals surface area (Å²) in [5.41, 5.74) is 8.72. The van der Waals surface area contributed by atoms with Crippen molar-refractivity contribution in [2.75, 3.05) is 0 Å². The molecule has 3 aromatic carbocycles. The predicted molar refractivity (Wildman–Crippen MR) is 132 cm³/mol. The Morgan fingerprint density at radius 3 is 2.31 bits per heavy atom. The Bertz CT molecular complexity index is 1140. The van der Waals surface area contributed by atoms with Crippen LogP contribution in [0.15, 0.2) is 72.8 Å². The minimum atomic E-state index is -1.68. The molecule has 0 aromatic heterocycles. The van der Waals surface area contributed by atoms with Crippen molar-refractivity contribution in [3.8, 4) is 0 Å². The van der Waals surface area contributed by atoms with Crippen LogP contribution in [-0.4, -0.2) is 26.9 Å². The average molecular weight is 389 g/mol. The zero-order valence-electron chi connectivity index (χ0n) is 17.2. The second kappa shape index (κ2) is 7.48. The Kier molecular flexibility index (Phi) is 5.28. The van der Waals surface area contributed by atoms with Crippen LogP contribution in [0.5, 0.6) is 0 Å². The van der Waals surface area contributed by atoms with E-state index >= 15 is 0 Å². The van der Waals surface area contributed by atoms with Crippen LogP contribution in [0.1, 0.15) is 47.2 Å². The fourth-order valence-electron chi connectivity index (χ4n) is 5.42. The van der Waals surface area contributed by atoms with Gasteiger partial charge in [-0.15, -0.1) is 0 Å². The molecule has 0 saturated carbocycles. The molecule has 0 radical (unpaired) electrons. The van der Waals surface area contributed by atoms with Crippen LogP contribution in [-0.2, 0) is 0 Å². The summed E-state index contributed by atoms with van der Waals surface area (Å²) in [4.78, 5) is 0. The summed E-state index contributed by atoms with van der Waals surface area (Å²) in [5, 5.41) is 2.74. The van der Waals surface area contributed by atoms with Gasteiger partial charge in [-0.2, -0.15) is 0 Å². The Balaban J connectivity index is 0.00000205. The second-order valence-corrected chi connectivity index (χ2v) is 14.2. The van der Waals surface area contributed by atoms with Gasteiger partial charge in [0, 0.05) is 0 Å². The fraction of sp³-hybridized carbons (Fsp3) is 0.259. The summed E-state index contributed by atoms with van der Waals surface area (Å²) in [6, 6.07) is 22.6. The van der Waals surface area contributed by atoms with E-state index in [2.05, 4.69) is 106 Å². The van der Waals surface area contributed by atoms with Crippen LogP contribution in [0, 0.1) is 5.92 Å². The summed E-state index contributed by atoms with van der Waals surface area (Å²) in [5.74, 6) is 0.575. The predicted octanol–water partition coefficient (Wildman–Crippen LogP) is 6.93. The van der Waals surface area contributed by atoms with E-state index in [-0.39, 0.29) is 18.9 Å². The molecule has 2 heteroatoms. The third-order valence-electron chi connectivity index (χ3n) is 6.97. The van der Waals surface area contributed by atoms with Crippen LogP contribution < -0.4 is 0 Å². The average Bonchev–Trinajstić information content (AvgIpc) is 3.31. The molecule has 0 heterocycles. The molecule has 2 aliphatic carbocycles. The van der Waals surface area contributed by atoms with Crippen LogP contribution >= 0.6 is 0 Å². The van der Waals surface area contributed by atoms with Crippen molar-refractivity contribution in [2.45, 2.75) is 38.0 Å². The van der Waals surface area contributed by atoms with Crippen molar-refractivity contribution in [3.05, 3.63) is 95.1 Å². The van der Waals surface area contributed by atoms with Gasteiger partial charge in [-0.25, -0.2) is 0 Å². The Hall–Kier alpha value is -1.79. The topological polar surface area (TPSA) is 0 Å². The molecule has 0 fully saturated rings. The summed E-state index contributed by atoms with van der Waals surface area (Å²) >= 11 is 0. The Labute approximate surface area is 187 Å². The molecule has 3 aromatic rings. The van der Waals surface area contributed by atoms with Crippen molar-refractivity contribution in [3.63, 3.8) is 0 Å². The van der Waals surface area contributed by atoms with Crippen molar-refractivity contribution >= 4 is 49.4 Å². The van der Waals surface area contributed by atoms with Gasteiger partial charge in [0.15, 0.2) is 0 Å². The summed E-state index contributed by atoms with van der Waals surface area (Å²) in [7, 11) is -1.68. The van der Waals surface area contributed by atoms with E-state index in [1.165, 1.54) is 21.9 Å². The van der Waals surface area contributed by atoms with Crippen LogP contribution in [0.3, 0.4) is 0 Å². The standard InChI is InChI=1S/C27H28Si.Li.H/c1-18(2)25-17-27(23-12-8-7-11-21(23)25)28(3,4)26-16-15-22-20-10-6-5-9-19(20)13-14-24(22)26;;/h5-18,26-27H,1-4H3;;. The molecule has 0 N–H and O–H groups in total. The first-order valence-electron chi connectivity index (χ1n) is 10.5. The monoisotopic (exact) mass is 388 g/mol. The molecule has 0 bridgehead atoms. The molecule has 0 nitrogen and oxygen atoms in total. The number of benzene rings is 3. The van der Waals surface area contributed by atoms with Crippen molar-refractivity contribution in [2.24, 2.45) is 5.92 Å². The fourth-order valence-corrected chi connectivity index (χ4v) is 9.11. The van der Waals surface area contributed by atoms with Crippen molar-refractivity contribution in [1.29, 1.82) is 0 Å². The second-order valence-electron chi connectivity index (χ2n) is 9.29. The Morgan fingerprint density at radius 1 is 0.793 bits per heavy atom. The first-order valence-corrected chi connectivity index (χ1v) is 13.6. The molecule has 29 heavy (non-hydrogen) atoms. The van der Waals surface area contributed by atoms with Crippen molar-refractivity contribution < 1.29 is 0 Å². The number of hydrogen-bond donors (Lipinski definition) is 0. The number of fused-ring (bicyclic) bond motifs is 4. The number of allylic oxidation sites excluding steroid dienone is 3. The van der Waals surface area contributed by atoms with Crippen LogP contribution in [0.25, 0.3) is 22.4 Å². The SMILES string of the molecule is CC(C)C1=CC([Si](C)(C)C2C=Cc3c2ccc2ccccc32)c2ccccc21.[LiH]. The summed E-state index contributed by atoms with van der Waals surface area (Å²) < 4.78 is 0. The first-order chi connectivity index (χ1) is 13.5. The summed E-state index contributed by atoms with van der Waals surface area (Å²) in [6.07, 6.45) is 7.52. The van der Waals surface area contributed by atoms with Gasteiger partial charge in [0.05, 0.1) is 8.07 Å². The first kappa shape index (κ1) is 20.5. The van der Waals surface area contributed by atoms with Gasteiger partial charge in [0.25, 0.3) is 0 Å². The molecule has 0 aliphatic heterocycles. The summed E-state index contributed by atoms with van der Waals surface area (Å²) in [6.45, 7) is 9.84. The van der Waals surface area contributed by atoms with E-state index in [1.54, 1.807) is 16.7 Å². The van der Waals surface area contributed by atoms with E-state index in [4.69, 9.17) is 0 Å². The molecule has 5 rings (SSSR count). The molecular formula is C27H29LiSi. The van der Waals surface area contributed by atoms with Gasteiger partial charge in [0.1, 0.15) is 0 Å². The van der Waals surface area contributed by atoms with Gasteiger partial charge >= 0.3 is 18.9 Å². The maximum atomic E-state index is 2.62. The van der Waals surface area contributed by atoms with Gasteiger partial charge in [0.2, 0.25) is 0 Å². The van der Waals surface area contributed by atoms with E-state index in [0.717, 1.165) is 0 Å². The quantitative estimate of drug-likeness (QED) is 0.427. The molecule has 0 amide bonds. The molecule has 0 saturated heterocycles. The number of rotatable bonds is 3. The molecule has 142 valence electrons. The normalized spacial score (nSPS) is 19.8. The van der Waals surface area contributed by atoms with Crippen LogP contribution in [0.4, 0.5) is 0 Å². The molecule has 2 aliphatic rings. The third kappa shape index (κ3) is 3.12. The number of hydrogen-bond acceptors (Lipinski definition) is 0. The van der Waals surface area contributed by atoms with Gasteiger partial charge in [-0.1, -0.05) is 106 Å². The maximum absolute atomic E-state index is 2.62. The Morgan fingerprint density at radius 2 is 1.52 bits per heavy atom. The minimum absolute atomic E-state index is 0. The van der Waals surface area contributed by atoms with E-state index in [9.17, 15) is 0 Å². The zero-order chi connectivity index (χ0) is 19.5. The van der Waals surface area contributed by atoms with E-state index in [0.29, 0.717) is 17.0 Å². The van der Waals surface area contributed by atoms with E-state index in [1.807, 2.05) is 0 Å². The zero-order valence-corrected chi connectivity index (χ0v) is 18.2.